The molecule has 0 spiro atoms. The highest BCUT2D eigenvalue weighted by molar-refractivity contribution is 8.00. The molecule has 1 N–H and O–H groups in total. The highest BCUT2D eigenvalue weighted by atomic mass is 35.5. The van der Waals surface area contributed by atoms with Crippen molar-refractivity contribution < 1.29 is 33.6 Å². The zero-order chi connectivity index (χ0) is 33.8. The molecule has 48 heavy (non-hydrogen) atoms. The number of amides is 1. The van der Waals surface area contributed by atoms with Crippen molar-refractivity contribution in [1.29, 1.82) is 0 Å². The summed E-state index contributed by atoms with van der Waals surface area (Å²) in [6, 6.07) is 16.6. The van der Waals surface area contributed by atoms with Gasteiger partial charge in [-0.25, -0.2) is 0 Å². The van der Waals surface area contributed by atoms with Crippen molar-refractivity contribution in [2.45, 2.75) is 43.3 Å². The molecule has 1 amide bonds. The van der Waals surface area contributed by atoms with Gasteiger partial charge in [0.25, 0.3) is 5.78 Å². The van der Waals surface area contributed by atoms with E-state index in [1.807, 2.05) is 31.2 Å². The number of Topliss-reactive ketones (excluding diaryl/α,β-unsaturated/α-hetero) is 1. The molecule has 0 aliphatic carbocycles. The number of hydrogen-bond acceptors (Lipinski definition) is 11. The Morgan fingerprint density at radius 2 is 1.79 bits per heavy atom. The Labute approximate surface area is 291 Å². The second-order valence-electron chi connectivity index (χ2n) is 11.5. The first kappa shape index (κ1) is 33.6. The fourth-order valence-corrected chi connectivity index (χ4v) is 7.21. The van der Waals surface area contributed by atoms with E-state index in [1.54, 1.807) is 36.4 Å². The Morgan fingerprint density at radius 1 is 1.02 bits per heavy atom. The lowest BCUT2D eigenvalue weighted by atomic mass is 9.95. The average Bonchev–Trinajstić information content (AvgIpc) is 3.66. The SMILES string of the molecule is CCOc1cc([C@@H]2/C(=C(\O)c3ccc4c(c3)OCCO4)C(=O)C(=O)N2c2nnc(SCc3ccc(Cl)cc3)s2)ccc1OCCC(C)C. The van der Waals surface area contributed by atoms with Gasteiger partial charge in [0, 0.05) is 16.3 Å². The first-order valence-electron chi connectivity index (χ1n) is 15.5. The number of thioether (sulfide) groups is 1. The number of aliphatic hydroxyl groups excluding tert-OH is 1. The van der Waals surface area contributed by atoms with Crippen molar-refractivity contribution in [3.8, 4) is 23.0 Å². The van der Waals surface area contributed by atoms with Crippen LogP contribution in [-0.4, -0.2) is 53.4 Å². The number of benzene rings is 3. The minimum atomic E-state index is -1.04. The van der Waals surface area contributed by atoms with Crippen LogP contribution in [0.4, 0.5) is 5.13 Å². The number of anilines is 1. The highest BCUT2D eigenvalue weighted by Crippen LogP contribution is 2.46. The molecule has 10 nitrogen and oxygen atoms in total. The molecular formula is C35H34ClN3O7S2. The number of fused-ring (bicyclic) bond motifs is 1. The number of rotatable bonds is 12. The zero-order valence-electron chi connectivity index (χ0n) is 26.6. The molecule has 1 aromatic heterocycles. The van der Waals surface area contributed by atoms with E-state index in [0.29, 0.717) is 81.6 Å². The van der Waals surface area contributed by atoms with Crippen LogP contribution in [0.5, 0.6) is 23.0 Å². The predicted molar refractivity (Wildman–Crippen MR) is 186 cm³/mol. The maximum atomic E-state index is 13.8. The van der Waals surface area contributed by atoms with Gasteiger partial charge in [0.1, 0.15) is 19.0 Å². The van der Waals surface area contributed by atoms with Crippen LogP contribution < -0.4 is 23.8 Å². The average molecular weight is 708 g/mol. The minimum absolute atomic E-state index is 0.0989. The monoisotopic (exact) mass is 707 g/mol. The highest BCUT2D eigenvalue weighted by Gasteiger charge is 2.48. The van der Waals surface area contributed by atoms with E-state index in [-0.39, 0.29) is 16.5 Å². The maximum absolute atomic E-state index is 13.8. The summed E-state index contributed by atoms with van der Waals surface area (Å²) < 4.78 is 24.0. The molecule has 0 saturated carbocycles. The van der Waals surface area contributed by atoms with Crippen molar-refractivity contribution in [1.82, 2.24) is 10.2 Å². The molecule has 2 aliphatic rings. The molecule has 4 aromatic rings. The summed E-state index contributed by atoms with van der Waals surface area (Å²) in [5, 5.41) is 21.2. The number of aliphatic hydroxyl groups is 1. The molecule has 3 aromatic carbocycles. The lowest BCUT2D eigenvalue weighted by Crippen LogP contribution is -2.29. The molecule has 13 heteroatoms. The summed E-state index contributed by atoms with van der Waals surface area (Å²) in [5.74, 6) is 0.991. The summed E-state index contributed by atoms with van der Waals surface area (Å²) >= 11 is 8.67. The van der Waals surface area contributed by atoms with Gasteiger partial charge in [-0.3, -0.25) is 14.5 Å². The van der Waals surface area contributed by atoms with Crippen LogP contribution in [-0.2, 0) is 15.3 Å². The molecule has 6 rings (SSSR count). The molecule has 0 unspecified atom stereocenters. The number of aromatic nitrogens is 2. The second-order valence-corrected chi connectivity index (χ2v) is 14.1. The van der Waals surface area contributed by atoms with E-state index >= 15 is 0 Å². The van der Waals surface area contributed by atoms with Gasteiger partial charge < -0.3 is 24.1 Å². The molecule has 3 heterocycles. The molecule has 2 aliphatic heterocycles. The van der Waals surface area contributed by atoms with E-state index in [0.717, 1.165) is 12.0 Å². The number of ketones is 1. The van der Waals surface area contributed by atoms with E-state index in [1.165, 1.54) is 28.0 Å². The quantitative estimate of drug-likeness (QED) is 0.0516. The van der Waals surface area contributed by atoms with Crippen LogP contribution in [0.3, 0.4) is 0 Å². The Morgan fingerprint density at radius 3 is 2.54 bits per heavy atom. The van der Waals surface area contributed by atoms with E-state index in [9.17, 15) is 14.7 Å². The molecule has 250 valence electrons. The predicted octanol–water partition coefficient (Wildman–Crippen LogP) is 7.70. The lowest BCUT2D eigenvalue weighted by molar-refractivity contribution is -0.132. The third kappa shape index (κ3) is 7.25. The maximum Gasteiger partial charge on any atom is 0.301 e. The number of hydrogen-bond donors (Lipinski definition) is 1. The molecule has 1 saturated heterocycles. The van der Waals surface area contributed by atoms with Crippen molar-refractivity contribution in [3.63, 3.8) is 0 Å². The number of halogens is 1. The number of carbonyl (C=O) groups excluding carboxylic acids is 2. The summed E-state index contributed by atoms with van der Waals surface area (Å²) in [4.78, 5) is 28.9. The van der Waals surface area contributed by atoms with Crippen LogP contribution in [0.2, 0.25) is 5.02 Å². The Kier molecular flexibility index (Phi) is 10.4. The summed E-state index contributed by atoms with van der Waals surface area (Å²) in [6.45, 7) is 7.73. The molecule has 0 bridgehead atoms. The van der Waals surface area contributed by atoms with Crippen LogP contribution in [0, 0.1) is 5.92 Å². The Bertz CT molecular complexity index is 1840. The van der Waals surface area contributed by atoms with Gasteiger partial charge in [-0.1, -0.05) is 66.7 Å². The smallest absolute Gasteiger partial charge is 0.301 e. The van der Waals surface area contributed by atoms with Gasteiger partial charge in [-0.2, -0.15) is 0 Å². The molecular weight excluding hydrogens is 674 g/mol. The van der Waals surface area contributed by atoms with Crippen molar-refractivity contribution in [2.75, 3.05) is 31.3 Å². The topological polar surface area (TPSA) is 120 Å². The first-order valence-corrected chi connectivity index (χ1v) is 17.7. The fraction of sp³-hybridized carbons (Fsp3) is 0.314. The molecule has 0 radical (unpaired) electrons. The minimum Gasteiger partial charge on any atom is -0.507 e. The zero-order valence-corrected chi connectivity index (χ0v) is 29.0. The van der Waals surface area contributed by atoms with Crippen LogP contribution in [0.25, 0.3) is 5.76 Å². The summed E-state index contributed by atoms with van der Waals surface area (Å²) in [5.41, 5.74) is 1.77. The largest absolute Gasteiger partial charge is 0.507 e. The van der Waals surface area contributed by atoms with Crippen LogP contribution in [0.1, 0.15) is 49.9 Å². The summed E-state index contributed by atoms with van der Waals surface area (Å²) in [6.07, 6.45) is 0.860. The fourth-order valence-electron chi connectivity index (χ4n) is 5.26. The Balaban J connectivity index is 1.40. The van der Waals surface area contributed by atoms with Gasteiger partial charge in [-0.05, 0) is 72.9 Å². The van der Waals surface area contributed by atoms with E-state index < -0.39 is 17.7 Å². The lowest BCUT2D eigenvalue weighted by Gasteiger charge is -2.24. The van der Waals surface area contributed by atoms with E-state index in [4.69, 9.17) is 30.5 Å². The number of ether oxygens (including phenoxy) is 4. The Hall–Kier alpha value is -4.26. The van der Waals surface area contributed by atoms with Crippen LogP contribution in [0.15, 0.2) is 70.6 Å². The number of carbonyl (C=O) groups is 2. The van der Waals surface area contributed by atoms with Crippen molar-refractivity contribution >= 4 is 57.3 Å². The third-order valence-electron chi connectivity index (χ3n) is 7.67. The van der Waals surface area contributed by atoms with Gasteiger partial charge in [-0.15, -0.1) is 10.2 Å². The van der Waals surface area contributed by atoms with Gasteiger partial charge in [0.2, 0.25) is 5.13 Å². The van der Waals surface area contributed by atoms with Gasteiger partial charge in [0.05, 0.1) is 24.8 Å². The normalized spacial score (nSPS) is 16.9. The third-order valence-corrected chi connectivity index (χ3v) is 10.1. The van der Waals surface area contributed by atoms with Crippen molar-refractivity contribution in [2.24, 2.45) is 5.92 Å². The number of nitrogens with zero attached hydrogens (tertiary/aromatic N) is 3. The molecule has 1 fully saturated rings. The van der Waals surface area contributed by atoms with Crippen LogP contribution >= 0.6 is 34.7 Å². The van der Waals surface area contributed by atoms with E-state index in [2.05, 4.69) is 24.0 Å². The standard InChI is InChI=1S/C35H34ClN3O7S2/c1-4-43-27-17-22(7-11-25(27)44-14-13-20(2)3)30-29(31(40)23-8-12-26-28(18-23)46-16-15-45-26)32(41)33(42)39(30)34-37-38-35(48-34)47-19-21-5-9-24(36)10-6-21/h5-12,17-18,20,30,40H,4,13-16,19H2,1-3H3/b31-29+/t30-/m1/s1. The first-order chi connectivity index (χ1) is 23.2. The molecule has 1 atom stereocenters. The summed E-state index contributed by atoms with van der Waals surface area (Å²) in [7, 11) is 0. The van der Waals surface area contributed by atoms with Gasteiger partial charge in [0.15, 0.2) is 27.3 Å². The second kappa shape index (κ2) is 14.9. The van der Waals surface area contributed by atoms with Crippen molar-refractivity contribution in [3.05, 3.63) is 87.9 Å². The van der Waals surface area contributed by atoms with Gasteiger partial charge >= 0.3 is 5.91 Å².